The maximum Gasteiger partial charge on any atom is 0.403 e. The minimum atomic E-state index is -4.45. The Balaban J connectivity index is 2.69. The van der Waals surface area contributed by atoms with Crippen LogP contribution in [-0.4, -0.2) is 19.3 Å². The highest BCUT2D eigenvalue weighted by atomic mass is 19.4. The number of nitrogens with two attached hydrogens (primary N) is 1. The van der Waals surface area contributed by atoms with Crippen molar-refractivity contribution in [1.82, 2.24) is 0 Å². The van der Waals surface area contributed by atoms with Crippen molar-refractivity contribution in [3.63, 3.8) is 0 Å². The Hall–Kier alpha value is -1.30. The van der Waals surface area contributed by atoms with E-state index in [1.165, 1.54) is 19.2 Å². The minimum absolute atomic E-state index is 0.0797. The lowest BCUT2D eigenvalue weighted by Gasteiger charge is -2.15. The van der Waals surface area contributed by atoms with Crippen molar-refractivity contribution in [3.8, 4) is 5.75 Å². The van der Waals surface area contributed by atoms with Gasteiger partial charge in [0.1, 0.15) is 17.6 Å². The lowest BCUT2D eigenvalue weighted by Crippen LogP contribution is -2.37. The van der Waals surface area contributed by atoms with Gasteiger partial charge in [0.05, 0.1) is 7.11 Å². The number of methoxy groups -OCH3 is 1. The Morgan fingerprint density at radius 2 is 2.00 bits per heavy atom. The van der Waals surface area contributed by atoms with Gasteiger partial charge in [0.25, 0.3) is 0 Å². The molecule has 0 radical (unpaired) electrons. The van der Waals surface area contributed by atoms with Crippen LogP contribution in [0.4, 0.5) is 17.6 Å². The van der Waals surface area contributed by atoms with Crippen molar-refractivity contribution in [2.45, 2.75) is 25.1 Å². The van der Waals surface area contributed by atoms with Gasteiger partial charge in [-0.3, -0.25) is 0 Å². The molecule has 6 heteroatoms. The standard InChI is InChI=1S/C11H13F4NO/c1-17-8-3-4-9(12)7(6-8)2-5-10(16)11(13,14)15/h3-4,6,10H,2,5,16H2,1H3. The maximum atomic E-state index is 13.3. The first-order chi connectivity index (χ1) is 7.84. The molecule has 1 atom stereocenters. The van der Waals surface area contributed by atoms with Crippen molar-refractivity contribution in [2.24, 2.45) is 5.73 Å². The number of hydrogen-bond acceptors (Lipinski definition) is 2. The molecule has 0 saturated carbocycles. The highest BCUT2D eigenvalue weighted by molar-refractivity contribution is 5.29. The second-order valence-corrected chi connectivity index (χ2v) is 3.64. The van der Waals surface area contributed by atoms with Crippen LogP contribution in [-0.2, 0) is 6.42 Å². The van der Waals surface area contributed by atoms with Gasteiger partial charge in [-0.15, -0.1) is 0 Å². The minimum Gasteiger partial charge on any atom is -0.497 e. The first kappa shape index (κ1) is 13.8. The smallest absolute Gasteiger partial charge is 0.403 e. The molecule has 1 aromatic carbocycles. The van der Waals surface area contributed by atoms with Crippen LogP contribution < -0.4 is 10.5 Å². The van der Waals surface area contributed by atoms with E-state index < -0.39 is 18.0 Å². The third-order valence-corrected chi connectivity index (χ3v) is 2.40. The summed E-state index contributed by atoms with van der Waals surface area (Å²) in [5.74, 6) is -0.151. The number of rotatable bonds is 4. The van der Waals surface area contributed by atoms with Crippen LogP contribution in [0.1, 0.15) is 12.0 Å². The predicted molar refractivity (Wildman–Crippen MR) is 55.3 cm³/mol. The van der Waals surface area contributed by atoms with E-state index in [4.69, 9.17) is 10.5 Å². The van der Waals surface area contributed by atoms with Gasteiger partial charge in [-0.1, -0.05) is 0 Å². The summed E-state index contributed by atoms with van der Waals surface area (Å²) in [6.45, 7) is 0. The summed E-state index contributed by atoms with van der Waals surface area (Å²) < 4.78 is 54.6. The van der Waals surface area contributed by atoms with Crippen LogP contribution in [0.15, 0.2) is 18.2 Å². The molecule has 96 valence electrons. The SMILES string of the molecule is COc1ccc(F)c(CCC(N)C(F)(F)F)c1. The topological polar surface area (TPSA) is 35.2 Å². The predicted octanol–water partition coefficient (Wildman–Crippen LogP) is 2.66. The molecule has 1 unspecified atom stereocenters. The molecule has 0 aliphatic heterocycles. The van der Waals surface area contributed by atoms with Gasteiger partial charge >= 0.3 is 6.18 Å². The Labute approximate surface area is 96.4 Å². The molecule has 0 spiro atoms. The zero-order valence-electron chi connectivity index (χ0n) is 9.22. The van der Waals surface area contributed by atoms with Crippen LogP contribution >= 0.6 is 0 Å². The summed E-state index contributed by atoms with van der Waals surface area (Å²) in [6, 6.07) is 2.00. The Bertz CT molecular complexity index is 378. The summed E-state index contributed by atoms with van der Waals surface area (Å²) in [7, 11) is 1.40. The first-order valence-corrected chi connectivity index (χ1v) is 4.99. The van der Waals surface area contributed by atoms with E-state index in [9.17, 15) is 17.6 Å². The van der Waals surface area contributed by atoms with Crippen LogP contribution in [0.3, 0.4) is 0 Å². The molecule has 0 amide bonds. The number of benzene rings is 1. The summed E-state index contributed by atoms with van der Waals surface area (Å²) in [5.41, 5.74) is 5.11. The molecule has 0 heterocycles. The second kappa shape index (κ2) is 5.35. The molecule has 0 aromatic heterocycles. The second-order valence-electron chi connectivity index (χ2n) is 3.64. The van der Waals surface area contributed by atoms with Crippen LogP contribution in [0, 0.1) is 5.82 Å². The average molecular weight is 251 g/mol. The van der Waals surface area contributed by atoms with E-state index in [1.54, 1.807) is 0 Å². The van der Waals surface area contributed by atoms with Gasteiger partial charge in [0.15, 0.2) is 0 Å². The van der Waals surface area contributed by atoms with Gasteiger partial charge in [-0.05, 0) is 36.6 Å². The van der Waals surface area contributed by atoms with E-state index in [0.717, 1.165) is 6.07 Å². The van der Waals surface area contributed by atoms with Gasteiger partial charge < -0.3 is 10.5 Å². The maximum absolute atomic E-state index is 13.3. The zero-order valence-corrected chi connectivity index (χ0v) is 9.22. The van der Waals surface area contributed by atoms with E-state index in [2.05, 4.69) is 0 Å². The zero-order chi connectivity index (χ0) is 13.1. The third-order valence-electron chi connectivity index (χ3n) is 2.40. The largest absolute Gasteiger partial charge is 0.497 e. The summed E-state index contributed by atoms with van der Waals surface area (Å²) in [6.07, 6.45) is -4.88. The summed E-state index contributed by atoms with van der Waals surface area (Å²) in [5, 5.41) is 0. The molecule has 0 saturated heterocycles. The Kier molecular flexibility index (Phi) is 4.34. The molecule has 2 N–H and O–H groups in total. The molecule has 2 nitrogen and oxygen atoms in total. The molecule has 1 rings (SSSR count). The lowest BCUT2D eigenvalue weighted by molar-refractivity contribution is -0.148. The van der Waals surface area contributed by atoms with E-state index >= 15 is 0 Å². The highest BCUT2D eigenvalue weighted by Crippen LogP contribution is 2.24. The molecular weight excluding hydrogens is 238 g/mol. The molecular formula is C11H13F4NO. The quantitative estimate of drug-likeness (QED) is 0.835. The third kappa shape index (κ3) is 3.89. The summed E-state index contributed by atoms with van der Waals surface area (Å²) in [4.78, 5) is 0. The number of aryl methyl sites for hydroxylation is 1. The van der Waals surface area contributed by atoms with Crippen molar-refractivity contribution < 1.29 is 22.3 Å². The molecule has 0 aliphatic rings. The average Bonchev–Trinajstić information content (AvgIpc) is 2.26. The number of ether oxygens (including phenoxy) is 1. The van der Waals surface area contributed by atoms with Gasteiger partial charge in [0, 0.05) is 0 Å². The highest BCUT2D eigenvalue weighted by Gasteiger charge is 2.36. The monoisotopic (exact) mass is 251 g/mol. The number of hydrogen-bond donors (Lipinski definition) is 1. The molecule has 0 bridgehead atoms. The van der Waals surface area contributed by atoms with E-state index in [0.29, 0.717) is 5.75 Å². The number of alkyl halides is 3. The Morgan fingerprint density at radius 3 is 2.53 bits per heavy atom. The van der Waals surface area contributed by atoms with E-state index in [-0.39, 0.29) is 18.4 Å². The fourth-order valence-electron chi connectivity index (χ4n) is 1.34. The van der Waals surface area contributed by atoms with Crippen molar-refractivity contribution in [3.05, 3.63) is 29.6 Å². The van der Waals surface area contributed by atoms with Gasteiger partial charge in [0.2, 0.25) is 0 Å². The summed E-state index contributed by atoms with van der Waals surface area (Å²) >= 11 is 0. The normalized spacial score (nSPS) is 13.5. The van der Waals surface area contributed by atoms with Crippen molar-refractivity contribution in [1.29, 1.82) is 0 Å². The molecule has 0 fully saturated rings. The van der Waals surface area contributed by atoms with Crippen LogP contribution in [0.2, 0.25) is 0 Å². The number of halogens is 4. The fraction of sp³-hybridized carbons (Fsp3) is 0.455. The Morgan fingerprint density at radius 1 is 1.35 bits per heavy atom. The van der Waals surface area contributed by atoms with Gasteiger partial charge in [-0.2, -0.15) is 13.2 Å². The lowest BCUT2D eigenvalue weighted by atomic mass is 10.0. The van der Waals surface area contributed by atoms with Crippen LogP contribution in [0.5, 0.6) is 5.75 Å². The molecule has 1 aromatic rings. The van der Waals surface area contributed by atoms with Gasteiger partial charge in [-0.25, -0.2) is 4.39 Å². The van der Waals surface area contributed by atoms with Crippen molar-refractivity contribution in [2.75, 3.05) is 7.11 Å². The molecule has 17 heavy (non-hydrogen) atoms. The van der Waals surface area contributed by atoms with E-state index in [1.807, 2.05) is 0 Å². The fourth-order valence-corrected chi connectivity index (χ4v) is 1.34. The first-order valence-electron chi connectivity index (χ1n) is 4.99. The van der Waals surface area contributed by atoms with Crippen LogP contribution in [0.25, 0.3) is 0 Å². The van der Waals surface area contributed by atoms with Crippen molar-refractivity contribution >= 4 is 0 Å². The molecule has 0 aliphatic carbocycles.